The number of halogens is 1. The molecule has 0 aliphatic carbocycles. The fourth-order valence-corrected chi connectivity index (χ4v) is 0.852. The molecule has 1 nitrogen and oxygen atoms in total. The predicted octanol–water partition coefficient (Wildman–Crippen LogP) is 2.33. The average Bonchev–Trinajstić information content (AvgIpc) is 1.89. The summed E-state index contributed by atoms with van der Waals surface area (Å²) < 4.78 is 0. The molecule has 0 heterocycles. The van der Waals surface area contributed by atoms with Gasteiger partial charge in [0, 0.05) is 5.88 Å². The fourth-order valence-electron chi connectivity index (χ4n) is 0.628. The second-order valence-corrected chi connectivity index (χ2v) is 2.64. The van der Waals surface area contributed by atoms with Crippen molar-refractivity contribution in [3.05, 3.63) is 12.2 Å². The van der Waals surface area contributed by atoms with Crippen molar-refractivity contribution in [1.29, 1.82) is 0 Å². The molecule has 0 saturated carbocycles. The molecule has 0 aromatic heterocycles. The summed E-state index contributed by atoms with van der Waals surface area (Å²) in [6.45, 7) is 2.11. The monoisotopic (exact) mass is 162 g/mol. The van der Waals surface area contributed by atoms with Crippen molar-refractivity contribution in [3.63, 3.8) is 0 Å². The molecule has 0 rings (SSSR count). The van der Waals surface area contributed by atoms with E-state index >= 15 is 0 Å². The van der Waals surface area contributed by atoms with Crippen molar-refractivity contribution in [3.8, 4) is 0 Å². The zero-order chi connectivity index (χ0) is 7.82. The number of aliphatic hydroxyl groups excluding tert-OH is 1. The second kappa shape index (κ2) is 7.10. The summed E-state index contributed by atoms with van der Waals surface area (Å²) in [7, 11) is 0. The van der Waals surface area contributed by atoms with Crippen LogP contribution in [0.2, 0.25) is 0 Å². The minimum atomic E-state index is -0.343. The fraction of sp³-hybridized carbons (Fsp3) is 0.750. The van der Waals surface area contributed by atoms with Crippen molar-refractivity contribution >= 4 is 11.6 Å². The maximum atomic E-state index is 9.10. The third-order valence-electron chi connectivity index (χ3n) is 1.22. The molecule has 0 fully saturated rings. The molecule has 1 unspecified atom stereocenters. The average molecular weight is 163 g/mol. The number of hydrogen-bond acceptors (Lipinski definition) is 1. The zero-order valence-corrected chi connectivity index (χ0v) is 7.14. The Morgan fingerprint density at radius 2 is 2.30 bits per heavy atom. The molecule has 0 aliphatic heterocycles. The summed E-state index contributed by atoms with van der Waals surface area (Å²) in [5.74, 6) is 0.525. The van der Waals surface area contributed by atoms with Crippen LogP contribution in [0.1, 0.15) is 26.2 Å². The summed E-state index contributed by atoms with van der Waals surface area (Å²) in [4.78, 5) is 0. The highest BCUT2D eigenvalue weighted by molar-refractivity contribution is 6.17. The van der Waals surface area contributed by atoms with Crippen LogP contribution in [0.15, 0.2) is 12.2 Å². The molecule has 60 valence electrons. The predicted molar refractivity (Wildman–Crippen MR) is 45.4 cm³/mol. The van der Waals surface area contributed by atoms with E-state index in [-0.39, 0.29) is 6.10 Å². The highest BCUT2D eigenvalue weighted by Crippen LogP contribution is 1.97. The Labute approximate surface area is 67.7 Å². The molecular weight excluding hydrogens is 148 g/mol. The van der Waals surface area contributed by atoms with Crippen LogP contribution in [0.3, 0.4) is 0 Å². The van der Waals surface area contributed by atoms with E-state index in [1.165, 1.54) is 0 Å². The lowest BCUT2D eigenvalue weighted by atomic mass is 10.2. The van der Waals surface area contributed by atoms with Gasteiger partial charge < -0.3 is 5.11 Å². The zero-order valence-electron chi connectivity index (χ0n) is 6.39. The van der Waals surface area contributed by atoms with Gasteiger partial charge in [0.2, 0.25) is 0 Å². The Balaban J connectivity index is 3.26. The van der Waals surface area contributed by atoms with Crippen LogP contribution in [-0.2, 0) is 0 Å². The minimum Gasteiger partial charge on any atom is -0.389 e. The van der Waals surface area contributed by atoms with Gasteiger partial charge in [-0.1, -0.05) is 25.5 Å². The Bertz CT molecular complexity index is 91.3. The highest BCUT2D eigenvalue weighted by Gasteiger charge is 1.94. The Morgan fingerprint density at radius 1 is 1.60 bits per heavy atom. The first-order chi connectivity index (χ1) is 4.81. The number of unbranched alkanes of at least 4 members (excludes halogenated alkanes) is 1. The first kappa shape index (κ1) is 9.99. The molecule has 1 N–H and O–H groups in total. The van der Waals surface area contributed by atoms with E-state index in [1.54, 1.807) is 0 Å². The Kier molecular flexibility index (Phi) is 7.09. The van der Waals surface area contributed by atoms with E-state index in [2.05, 4.69) is 6.92 Å². The summed E-state index contributed by atoms with van der Waals surface area (Å²) in [5, 5.41) is 9.10. The topological polar surface area (TPSA) is 20.2 Å². The summed E-state index contributed by atoms with van der Waals surface area (Å²) in [5.41, 5.74) is 0. The van der Waals surface area contributed by atoms with Crippen molar-refractivity contribution in [2.24, 2.45) is 0 Å². The van der Waals surface area contributed by atoms with Crippen molar-refractivity contribution < 1.29 is 5.11 Å². The van der Waals surface area contributed by atoms with Gasteiger partial charge in [0.1, 0.15) is 0 Å². The Hall–Kier alpha value is -0.0100. The lowest BCUT2D eigenvalue weighted by molar-refractivity contribution is 0.219. The molecule has 0 aliphatic rings. The molecule has 0 radical (unpaired) electrons. The van der Waals surface area contributed by atoms with Gasteiger partial charge in [-0.25, -0.2) is 0 Å². The third kappa shape index (κ3) is 6.12. The molecule has 2 heteroatoms. The smallest absolute Gasteiger partial charge is 0.0732 e. The standard InChI is InChI=1S/C8H15ClO/c1-2-3-4-5-8(10)6-7-9/h4-5,8,10H,2-3,6-7H2,1H3. The van der Waals surface area contributed by atoms with Crippen molar-refractivity contribution in [2.75, 3.05) is 5.88 Å². The molecular formula is C8H15ClO. The van der Waals surface area contributed by atoms with Crippen LogP contribution in [-0.4, -0.2) is 17.1 Å². The van der Waals surface area contributed by atoms with Crippen molar-refractivity contribution in [1.82, 2.24) is 0 Å². The van der Waals surface area contributed by atoms with Crippen molar-refractivity contribution in [2.45, 2.75) is 32.3 Å². The maximum absolute atomic E-state index is 9.10. The summed E-state index contributed by atoms with van der Waals surface area (Å²) >= 11 is 5.42. The number of aliphatic hydroxyl groups is 1. The van der Waals surface area contributed by atoms with Crippen LogP contribution >= 0.6 is 11.6 Å². The minimum absolute atomic E-state index is 0.343. The molecule has 0 bridgehead atoms. The number of rotatable bonds is 5. The van der Waals surface area contributed by atoms with Gasteiger partial charge in [0.05, 0.1) is 6.10 Å². The van der Waals surface area contributed by atoms with Crippen LogP contribution in [0.25, 0.3) is 0 Å². The summed E-state index contributed by atoms with van der Waals surface area (Å²) in [6, 6.07) is 0. The molecule has 10 heavy (non-hydrogen) atoms. The highest BCUT2D eigenvalue weighted by atomic mass is 35.5. The quantitative estimate of drug-likeness (QED) is 0.486. The van der Waals surface area contributed by atoms with Crippen LogP contribution in [0, 0.1) is 0 Å². The molecule has 1 atom stereocenters. The number of hydrogen-bond donors (Lipinski definition) is 1. The van der Waals surface area contributed by atoms with E-state index in [0.29, 0.717) is 12.3 Å². The van der Waals surface area contributed by atoms with Gasteiger partial charge in [0.15, 0.2) is 0 Å². The lowest BCUT2D eigenvalue weighted by Crippen LogP contribution is -2.01. The van der Waals surface area contributed by atoms with Crippen LogP contribution in [0.5, 0.6) is 0 Å². The molecule has 0 aromatic rings. The summed E-state index contributed by atoms with van der Waals surface area (Å²) in [6.07, 6.45) is 6.29. The molecule has 0 aromatic carbocycles. The van der Waals surface area contributed by atoms with E-state index < -0.39 is 0 Å². The Morgan fingerprint density at radius 3 is 2.80 bits per heavy atom. The second-order valence-electron chi connectivity index (χ2n) is 2.26. The van der Waals surface area contributed by atoms with Gasteiger partial charge in [0.25, 0.3) is 0 Å². The van der Waals surface area contributed by atoms with E-state index in [4.69, 9.17) is 16.7 Å². The van der Waals surface area contributed by atoms with E-state index in [9.17, 15) is 0 Å². The third-order valence-corrected chi connectivity index (χ3v) is 1.44. The van der Waals surface area contributed by atoms with Gasteiger partial charge in [-0.15, -0.1) is 11.6 Å². The SMILES string of the molecule is CCCC=CC(O)CCCl. The van der Waals surface area contributed by atoms with Gasteiger partial charge in [-0.2, -0.15) is 0 Å². The number of allylic oxidation sites excluding steroid dienone is 1. The van der Waals surface area contributed by atoms with Gasteiger partial charge in [-0.3, -0.25) is 0 Å². The molecule has 0 spiro atoms. The van der Waals surface area contributed by atoms with Crippen LogP contribution in [0.4, 0.5) is 0 Å². The largest absolute Gasteiger partial charge is 0.389 e. The maximum Gasteiger partial charge on any atom is 0.0732 e. The molecule has 0 saturated heterocycles. The normalized spacial score (nSPS) is 14.3. The van der Waals surface area contributed by atoms with Gasteiger partial charge >= 0.3 is 0 Å². The first-order valence-electron chi connectivity index (χ1n) is 3.72. The first-order valence-corrected chi connectivity index (χ1v) is 4.25. The van der Waals surface area contributed by atoms with E-state index in [0.717, 1.165) is 12.8 Å². The number of alkyl halides is 1. The molecule has 0 amide bonds. The van der Waals surface area contributed by atoms with Gasteiger partial charge in [-0.05, 0) is 12.8 Å². The lowest BCUT2D eigenvalue weighted by Gasteiger charge is -1.99. The van der Waals surface area contributed by atoms with Crippen LogP contribution < -0.4 is 0 Å². The van der Waals surface area contributed by atoms with E-state index in [1.807, 2.05) is 12.2 Å².